The Morgan fingerprint density at radius 3 is 2.61 bits per heavy atom. The number of aliphatic hydroxyl groups is 1. The summed E-state index contributed by atoms with van der Waals surface area (Å²) in [5.41, 5.74) is 1.14. The number of benzene rings is 1. The van der Waals surface area contributed by atoms with E-state index in [4.69, 9.17) is 0 Å². The summed E-state index contributed by atoms with van der Waals surface area (Å²) in [6.07, 6.45) is 2.33. The molecule has 1 aliphatic carbocycles. The Bertz CT molecular complexity index is 782. The van der Waals surface area contributed by atoms with Gasteiger partial charge in [0.1, 0.15) is 17.3 Å². The van der Waals surface area contributed by atoms with Gasteiger partial charge in [-0.1, -0.05) is 27.4 Å². The van der Waals surface area contributed by atoms with E-state index in [-0.39, 0.29) is 40.4 Å². The van der Waals surface area contributed by atoms with Crippen LogP contribution in [-0.4, -0.2) is 33.5 Å². The monoisotopic (exact) mass is 388 g/mol. The lowest BCUT2D eigenvalue weighted by Crippen LogP contribution is -2.41. The minimum Gasteiger partial charge on any atom is -0.507 e. The molecule has 28 heavy (non-hydrogen) atoms. The van der Waals surface area contributed by atoms with Crippen LogP contribution >= 0.6 is 0 Å². The maximum absolute atomic E-state index is 12.2. The molecule has 2 rings (SSSR count). The molecule has 1 fully saturated rings. The van der Waals surface area contributed by atoms with E-state index in [1.807, 2.05) is 6.92 Å². The minimum atomic E-state index is -0.966. The summed E-state index contributed by atoms with van der Waals surface area (Å²) in [5, 5.41) is 31.1. The molecular formula is C23H32O5. The SMILES string of the molecule is C=C(CC[C@@]1(C)[C@H](C)CCC(=O)[C@@H]1C)C(O)Cc1c(O)c(C)cc(C=O)c1O. The van der Waals surface area contributed by atoms with E-state index in [2.05, 4.69) is 20.4 Å². The summed E-state index contributed by atoms with van der Waals surface area (Å²) >= 11 is 0. The van der Waals surface area contributed by atoms with E-state index in [0.717, 1.165) is 12.8 Å². The average molecular weight is 389 g/mol. The number of hydrogen-bond acceptors (Lipinski definition) is 5. The van der Waals surface area contributed by atoms with Crippen molar-refractivity contribution in [2.24, 2.45) is 17.3 Å². The van der Waals surface area contributed by atoms with Crippen LogP contribution in [0.3, 0.4) is 0 Å². The Balaban J connectivity index is 2.11. The zero-order valence-corrected chi connectivity index (χ0v) is 17.3. The number of aryl methyl sites for hydroxylation is 1. The van der Waals surface area contributed by atoms with Crippen molar-refractivity contribution in [2.45, 2.75) is 65.9 Å². The van der Waals surface area contributed by atoms with Crippen molar-refractivity contribution in [3.8, 4) is 11.5 Å². The van der Waals surface area contributed by atoms with Gasteiger partial charge in [-0.3, -0.25) is 9.59 Å². The Morgan fingerprint density at radius 2 is 2.00 bits per heavy atom. The molecule has 0 heterocycles. The topological polar surface area (TPSA) is 94.8 Å². The molecule has 1 saturated carbocycles. The predicted molar refractivity (Wildman–Crippen MR) is 109 cm³/mol. The number of aliphatic hydroxyl groups excluding tert-OH is 1. The number of ketones is 1. The first-order valence-corrected chi connectivity index (χ1v) is 9.90. The first-order chi connectivity index (χ1) is 13.0. The number of rotatable bonds is 7. The van der Waals surface area contributed by atoms with E-state index in [9.17, 15) is 24.9 Å². The van der Waals surface area contributed by atoms with E-state index in [0.29, 0.717) is 42.0 Å². The van der Waals surface area contributed by atoms with Crippen molar-refractivity contribution >= 4 is 12.1 Å². The number of phenols is 2. The van der Waals surface area contributed by atoms with Gasteiger partial charge < -0.3 is 15.3 Å². The molecule has 0 bridgehead atoms. The van der Waals surface area contributed by atoms with Crippen molar-refractivity contribution in [2.75, 3.05) is 0 Å². The second-order valence-corrected chi connectivity index (χ2v) is 8.59. The molecule has 1 aromatic rings. The zero-order valence-electron chi connectivity index (χ0n) is 17.3. The molecule has 154 valence electrons. The lowest BCUT2D eigenvalue weighted by Gasteiger charge is -2.44. The molecule has 1 aromatic carbocycles. The Kier molecular flexibility index (Phi) is 6.71. The molecule has 0 radical (unpaired) electrons. The number of carbonyl (C=O) groups is 2. The van der Waals surface area contributed by atoms with Gasteiger partial charge in [-0.25, -0.2) is 0 Å². The fraction of sp³-hybridized carbons (Fsp3) is 0.565. The summed E-state index contributed by atoms with van der Waals surface area (Å²) < 4.78 is 0. The summed E-state index contributed by atoms with van der Waals surface area (Å²) in [7, 11) is 0. The number of hydrogen-bond donors (Lipinski definition) is 3. The van der Waals surface area contributed by atoms with Crippen LogP contribution in [0.25, 0.3) is 0 Å². The molecule has 5 heteroatoms. The van der Waals surface area contributed by atoms with Crippen LogP contribution in [0.2, 0.25) is 0 Å². The van der Waals surface area contributed by atoms with Gasteiger partial charge in [-0.05, 0) is 54.7 Å². The van der Waals surface area contributed by atoms with E-state index in [1.54, 1.807) is 6.92 Å². The normalized spacial score (nSPS) is 26.1. The number of phenolic OH excluding ortho intramolecular Hbond substituents is 2. The number of carbonyl (C=O) groups excluding carboxylic acids is 2. The van der Waals surface area contributed by atoms with Crippen molar-refractivity contribution in [1.82, 2.24) is 0 Å². The predicted octanol–water partition coefficient (Wildman–Crippen LogP) is 4.10. The van der Waals surface area contributed by atoms with Crippen LogP contribution in [-0.2, 0) is 11.2 Å². The third kappa shape index (κ3) is 4.14. The molecule has 0 saturated heterocycles. The standard InChI is InChI=1S/C23H32O5/c1-13(8-9-23(5)15(3)6-7-19(25)16(23)4)20(26)11-18-21(27)14(2)10-17(12-24)22(18)28/h10,12,15-16,20,26-28H,1,6-9,11H2,2-5H3/t15-,16+,20?,23+/m1/s1. The number of Topliss-reactive ketones (excluding diaryl/α,β-unsaturated/α-hetero) is 1. The molecule has 3 N–H and O–H groups in total. The highest BCUT2D eigenvalue weighted by atomic mass is 16.3. The smallest absolute Gasteiger partial charge is 0.153 e. The van der Waals surface area contributed by atoms with Crippen molar-refractivity contribution in [3.63, 3.8) is 0 Å². The van der Waals surface area contributed by atoms with Crippen LogP contribution in [0.15, 0.2) is 18.2 Å². The van der Waals surface area contributed by atoms with Gasteiger partial charge in [-0.15, -0.1) is 0 Å². The van der Waals surface area contributed by atoms with Gasteiger partial charge in [0.15, 0.2) is 6.29 Å². The largest absolute Gasteiger partial charge is 0.507 e. The molecule has 0 aromatic heterocycles. The first kappa shape index (κ1) is 22.2. The Morgan fingerprint density at radius 1 is 1.36 bits per heavy atom. The average Bonchev–Trinajstić information content (AvgIpc) is 2.67. The lowest BCUT2D eigenvalue weighted by molar-refractivity contribution is -0.132. The highest BCUT2D eigenvalue weighted by molar-refractivity contribution is 5.82. The molecule has 5 nitrogen and oxygen atoms in total. The maximum atomic E-state index is 12.2. The molecule has 1 aliphatic rings. The quantitative estimate of drug-likeness (QED) is 0.483. The zero-order chi connectivity index (χ0) is 21.2. The highest BCUT2D eigenvalue weighted by Gasteiger charge is 2.43. The summed E-state index contributed by atoms with van der Waals surface area (Å²) in [4.78, 5) is 23.3. The van der Waals surface area contributed by atoms with E-state index < -0.39 is 6.10 Å². The van der Waals surface area contributed by atoms with Gasteiger partial charge in [0.05, 0.1) is 11.7 Å². The summed E-state index contributed by atoms with van der Waals surface area (Å²) in [5.74, 6) is 0.244. The molecule has 4 atom stereocenters. The molecule has 1 unspecified atom stereocenters. The second kappa shape index (κ2) is 8.48. The van der Waals surface area contributed by atoms with Gasteiger partial charge in [0, 0.05) is 24.3 Å². The van der Waals surface area contributed by atoms with Crippen molar-refractivity contribution in [3.05, 3.63) is 34.9 Å². The van der Waals surface area contributed by atoms with Crippen molar-refractivity contribution in [1.29, 1.82) is 0 Å². The summed E-state index contributed by atoms with van der Waals surface area (Å²) in [6, 6.07) is 1.41. The van der Waals surface area contributed by atoms with Crippen molar-refractivity contribution < 1.29 is 24.9 Å². The Labute approximate surface area is 167 Å². The van der Waals surface area contributed by atoms with Gasteiger partial charge in [0.2, 0.25) is 0 Å². The lowest BCUT2D eigenvalue weighted by atomic mass is 9.59. The number of aromatic hydroxyl groups is 2. The fourth-order valence-corrected chi connectivity index (χ4v) is 4.27. The molecule has 0 amide bonds. The third-order valence-electron chi connectivity index (χ3n) is 6.99. The van der Waals surface area contributed by atoms with Gasteiger partial charge in [0.25, 0.3) is 0 Å². The van der Waals surface area contributed by atoms with E-state index in [1.165, 1.54) is 6.07 Å². The fourth-order valence-electron chi connectivity index (χ4n) is 4.27. The molecular weight excluding hydrogens is 356 g/mol. The maximum Gasteiger partial charge on any atom is 0.153 e. The molecule has 0 aliphatic heterocycles. The summed E-state index contributed by atoms with van der Waals surface area (Å²) in [6.45, 7) is 11.9. The van der Waals surface area contributed by atoms with Crippen LogP contribution in [0.1, 0.15) is 67.9 Å². The van der Waals surface area contributed by atoms with Crippen LogP contribution in [0.4, 0.5) is 0 Å². The highest BCUT2D eigenvalue weighted by Crippen LogP contribution is 2.47. The Hall–Kier alpha value is -2.14. The van der Waals surface area contributed by atoms with Gasteiger partial charge in [-0.2, -0.15) is 0 Å². The van der Waals surface area contributed by atoms with Crippen LogP contribution in [0.5, 0.6) is 11.5 Å². The minimum absolute atomic E-state index is 0.0267. The van der Waals surface area contributed by atoms with Crippen LogP contribution in [0, 0.1) is 24.2 Å². The number of aldehydes is 1. The third-order valence-corrected chi connectivity index (χ3v) is 6.99. The second-order valence-electron chi connectivity index (χ2n) is 8.59. The van der Waals surface area contributed by atoms with E-state index >= 15 is 0 Å². The van der Waals surface area contributed by atoms with Gasteiger partial charge >= 0.3 is 0 Å². The van der Waals surface area contributed by atoms with Crippen LogP contribution < -0.4 is 0 Å². The first-order valence-electron chi connectivity index (χ1n) is 9.90. The molecule has 0 spiro atoms.